The van der Waals surface area contributed by atoms with E-state index in [1.54, 1.807) is 0 Å². The summed E-state index contributed by atoms with van der Waals surface area (Å²) >= 11 is 0. The monoisotopic (exact) mass is 767 g/mol. The van der Waals surface area contributed by atoms with Crippen LogP contribution in [0.15, 0.2) is 53.8 Å². The number of hydrogen-bond donors (Lipinski definition) is 5. The Morgan fingerprint density at radius 2 is 1.55 bits per heavy atom. The normalized spacial score (nSPS) is 23.4. The fourth-order valence-electron chi connectivity index (χ4n) is 8.36. The van der Waals surface area contributed by atoms with E-state index in [2.05, 4.69) is 51.0 Å². The van der Waals surface area contributed by atoms with Crippen LogP contribution in [-0.2, 0) is 14.3 Å². The molecule has 7 rings (SSSR count). The Balaban J connectivity index is 1.05. The van der Waals surface area contributed by atoms with Crippen LogP contribution in [0.5, 0.6) is 0 Å². The van der Waals surface area contributed by atoms with Crippen LogP contribution in [0.2, 0.25) is 0 Å². The van der Waals surface area contributed by atoms with Crippen molar-refractivity contribution in [2.45, 2.75) is 89.8 Å². The molecule has 3 aliphatic heterocycles. The van der Waals surface area contributed by atoms with Gasteiger partial charge < -0.3 is 40.1 Å². The van der Waals surface area contributed by atoms with Gasteiger partial charge >= 0.3 is 12.2 Å². The number of aromatic nitrogens is 4. The third-order valence-electron chi connectivity index (χ3n) is 11.4. The molecule has 2 fully saturated rings. The molecular formula is C41H53N9O6. The average molecular weight is 768 g/mol. The predicted molar refractivity (Wildman–Crippen MR) is 209 cm³/mol. The molecule has 7 atom stereocenters. The highest BCUT2D eigenvalue weighted by atomic mass is 16.5. The van der Waals surface area contributed by atoms with Gasteiger partial charge in [0.1, 0.15) is 23.9 Å². The van der Waals surface area contributed by atoms with Gasteiger partial charge in [0.25, 0.3) is 0 Å². The van der Waals surface area contributed by atoms with E-state index in [4.69, 9.17) is 24.4 Å². The van der Waals surface area contributed by atoms with Gasteiger partial charge in [-0.3, -0.25) is 14.7 Å². The van der Waals surface area contributed by atoms with Crippen molar-refractivity contribution in [3.63, 3.8) is 0 Å². The zero-order valence-corrected chi connectivity index (χ0v) is 32.9. The van der Waals surface area contributed by atoms with Gasteiger partial charge in [-0.25, -0.2) is 19.6 Å². The summed E-state index contributed by atoms with van der Waals surface area (Å²) in [5.74, 6) is 1.33. The molecule has 7 unspecified atom stereocenters. The molecule has 1 aliphatic carbocycles. The molecule has 5 N–H and O–H groups in total. The van der Waals surface area contributed by atoms with Crippen LogP contribution in [0.3, 0.4) is 0 Å². The van der Waals surface area contributed by atoms with E-state index in [0.29, 0.717) is 13.1 Å². The van der Waals surface area contributed by atoms with Crippen molar-refractivity contribution in [2.24, 2.45) is 22.7 Å². The highest BCUT2D eigenvalue weighted by molar-refractivity contribution is 5.86. The summed E-state index contributed by atoms with van der Waals surface area (Å²) in [5.41, 5.74) is 3.72. The number of methoxy groups -OCH3 is 2. The molecule has 0 saturated carbocycles. The first-order valence-corrected chi connectivity index (χ1v) is 19.6. The van der Waals surface area contributed by atoms with Crippen LogP contribution in [0.4, 0.5) is 9.59 Å². The number of carbonyl (C=O) groups excluding carboxylic acids is 3. The number of amides is 3. The van der Waals surface area contributed by atoms with Crippen LogP contribution >= 0.6 is 0 Å². The van der Waals surface area contributed by atoms with Gasteiger partial charge in [0.05, 0.1) is 67.5 Å². The molecule has 15 nitrogen and oxygen atoms in total. The van der Waals surface area contributed by atoms with Crippen LogP contribution in [0.25, 0.3) is 22.9 Å². The molecule has 298 valence electrons. The Bertz CT molecular complexity index is 2120. The molecule has 5 heterocycles. The third-order valence-corrected chi connectivity index (χ3v) is 11.4. The topological polar surface area (TPSA) is 190 Å². The van der Waals surface area contributed by atoms with E-state index in [-0.39, 0.29) is 41.8 Å². The number of nitrogens with zero attached hydrogens (tertiary/aromatic N) is 5. The molecule has 15 heteroatoms. The Kier molecular flexibility index (Phi) is 11.4. The minimum Gasteiger partial charge on any atom is -0.453 e. The number of aromatic amines is 2. The van der Waals surface area contributed by atoms with Crippen LogP contribution in [0, 0.1) is 17.8 Å². The van der Waals surface area contributed by atoms with Crippen molar-refractivity contribution in [1.29, 1.82) is 0 Å². The van der Waals surface area contributed by atoms with Crippen molar-refractivity contribution in [3.8, 4) is 11.3 Å². The van der Waals surface area contributed by atoms with E-state index in [1.807, 2.05) is 62.0 Å². The number of alkyl carbamates (subject to hydrolysis) is 2. The number of nitrogens with one attached hydrogen (secondary N) is 4. The lowest BCUT2D eigenvalue weighted by atomic mass is 9.88. The maximum Gasteiger partial charge on any atom is 0.407 e. The summed E-state index contributed by atoms with van der Waals surface area (Å²) in [6, 6.07) is 4.60. The van der Waals surface area contributed by atoms with Crippen molar-refractivity contribution in [1.82, 2.24) is 40.4 Å². The maximum absolute atomic E-state index is 13.6. The Hall–Kier alpha value is -5.28. The summed E-state index contributed by atoms with van der Waals surface area (Å²) < 4.78 is 9.58. The standard InChI is InChI=1S/C41H53N9O6/c1-22(2)34(47-40(53)55-5)38(51)49-15-7-9-32(49)36-42-20-30(45-36)25-13-14-28-27(18-25)17-24-11-12-26(19-29(24)44-28)31-21-43-37(46-31)33-10-8-16-50(33)39(52)35(23(3)4)48-41(54)56-6/h11-14,17-24,29,32-35,39,52H,7-10,15-16H2,1-6H3,(H,42,45)(H,43,46)(H,47,53)(H,48,54). The molecule has 1 aromatic carbocycles. The number of allylic oxidation sites excluding steroid dienone is 2. The number of carbonyl (C=O) groups is 3. The lowest BCUT2D eigenvalue weighted by Gasteiger charge is -2.35. The molecular weight excluding hydrogens is 715 g/mol. The smallest absolute Gasteiger partial charge is 0.407 e. The zero-order valence-electron chi connectivity index (χ0n) is 32.9. The second kappa shape index (κ2) is 16.4. The molecule has 4 aliphatic rings. The number of benzene rings is 1. The number of imidazole rings is 2. The number of likely N-dealkylation sites (tertiary alicyclic amines) is 2. The Morgan fingerprint density at radius 3 is 2.29 bits per heavy atom. The molecule has 56 heavy (non-hydrogen) atoms. The minimum absolute atomic E-state index is 0.0106. The van der Waals surface area contributed by atoms with Crippen molar-refractivity contribution >= 4 is 29.7 Å². The largest absolute Gasteiger partial charge is 0.453 e. The van der Waals surface area contributed by atoms with Crippen LogP contribution in [-0.4, -0.2) is 105 Å². The first-order chi connectivity index (χ1) is 26.9. The second-order valence-corrected chi connectivity index (χ2v) is 15.7. The molecule has 0 spiro atoms. The number of H-pyrrole nitrogens is 2. The van der Waals surface area contributed by atoms with Gasteiger partial charge in [-0.2, -0.15) is 0 Å². The van der Waals surface area contributed by atoms with Gasteiger partial charge in [0, 0.05) is 24.6 Å². The molecule has 2 aromatic heterocycles. The lowest BCUT2D eigenvalue weighted by molar-refractivity contribution is -0.135. The van der Waals surface area contributed by atoms with Crippen LogP contribution < -0.4 is 21.2 Å². The number of fused-ring (bicyclic) bond motifs is 2. The van der Waals surface area contributed by atoms with Gasteiger partial charge in [0.2, 0.25) is 5.91 Å². The fraction of sp³-hybridized carbons (Fsp3) is 0.512. The second-order valence-electron chi connectivity index (χ2n) is 15.7. The number of hydrogen-bond acceptors (Lipinski definition) is 10. The quantitative estimate of drug-likeness (QED) is 0.194. The van der Waals surface area contributed by atoms with E-state index in [0.717, 1.165) is 70.4 Å². The summed E-state index contributed by atoms with van der Waals surface area (Å²) in [6.07, 6.45) is 13.6. The minimum atomic E-state index is -0.897. The van der Waals surface area contributed by atoms with Crippen LogP contribution in [0.1, 0.15) is 82.8 Å². The third kappa shape index (κ3) is 7.87. The molecule has 2 saturated heterocycles. The zero-order chi connectivity index (χ0) is 39.7. The van der Waals surface area contributed by atoms with E-state index >= 15 is 0 Å². The van der Waals surface area contributed by atoms with E-state index in [1.165, 1.54) is 14.2 Å². The average Bonchev–Trinajstić information content (AvgIpc) is 4.03. The van der Waals surface area contributed by atoms with Crippen molar-refractivity contribution < 1.29 is 29.0 Å². The van der Waals surface area contributed by atoms with Crippen molar-refractivity contribution in [2.75, 3.05) is 27.3 Å². The molecule has 3 amide bonds. The lowest BCUT2D eigenvalue weighted by Crippen LogP contribution is -2.54. The first-order valence-electron chi connectivity index (χ1n) is 19.6. The fourth-order valence-corrected chi connectivity index (χ4v) is 8.36. The van der Waals surface area contributed by atoms with Gasteiger partial charge in [-0.05, 0) is 66.5 Å². The summed E-state index contributed by atoms with van der Waals surface area (Å²) in [6.45, 7) is 9.01. The Morgan fingerprint density at radius 1 is 0.875 bits per heavy atom. The SMILES string of the molecule is COC(=O)NC(C(=O)N1CCCC1c1ncc(-c2ccc3c(c2)=CC2C=CC(c4cnc(C5CCCN5C(O)C(NC(=O)OC)C(C)C)[nH]4)=CC2N=3)[nH]1)C(C)C. The highest BCUT2D eigenvalue weighted by Gasteiger charge is 2.39. The van der Waals surface area contributed by atoms with Gasteiger partial charge in [0.15, 0.2) is 0 Å². The van der Waals surface area contributed by atoms with Crippen molar-refractivity contribution in [3.05, 3.63) is 76.7 Å². The summed E-state index contributed by atoms with van der Waals surface area (Å²) in [5, 5.41) is 18.8. The van der Waals surface area contributed by atoms with E-state index in [9.17, 15) is 19.5 Å². The maximum atomic E-state index is 13.6. The number of ether oxygens (including phenoxy) is 2. The Labute approximate surface area is 326 Å². The molecule has 3 aromatic rings. The highest BCUT2D eigenvalue weighted by Crippen LogP contribution is 2.36. The number of rotatable bonds is 11. The molecule has 0 radical (unpaired) electrons. The summed E-state index contributed by atoms with van der Waals surface area (Å²) in [7, 11) is 2.61. The summed E-state index contributed by atoms with van der Waals surface area (Å²) in [4.78, 5) is 63.0. The predicted octanol–water partition coefficient (Wildman–Crippen LogP) is 3.73. The van der Waals surface area contributed by atoms with Gasteiger partial charge in [-0.1, -0.05) is 52.0 Å². The number of aliphatic hydroxyl groups excluding tert-OH is 1. The van der Waals surface area contributed by atoms with Gasteiger partial charge in [-0.15, -0.1) is 0 Å². The molecule has 0 bridgehead atoms. The number of aliphatic hydroxyl groups is 1. The van der Waals surface area contributed by atoms with E-state index < -0.39 is 30.5 Å². The first kappa shape index (κ1) is 39.0.